The molecule has 0 fully saturated rings. The molecule has 7 nitrogen and oxygen atoms in total. The Morgan fingerprint density at radius 1 is 1.24 bits per heavy atom. The average Bonchev–Trinajstić information content (AvgIpc) is 2.67. The summed E-state index contributed by atoms with van der Waals surface area (Å²) in [4.78, 5) is 27.3. The van der Waals surface area contributed by atoms with Crippen molar-refractivity contribution in [2.24, 2.45) is 5.16 Å². The Kier molecular flexibility index (Phi) is 7.82. The van der Waals surface area contributed by atoms with E-state index in [9.17, 15) is 27.9 Å². The molecule has 0 saturated carbocycles. The lowest BCUT2D eigenvalue weighted by molar-refractivity contribution is -0.121. The molecular weight excluding hydrogens is 506 g/mol. The van der Waals surface area contributed by atoms with Gasteiger partial charge in [0.2, 0.25) is 5.91 Å². The van der Waals surface area contributed by atoms with Gasteiger partial charge in [0.05, 0.1) is 29.6 Å². The van der Waals surface area contributed by atoms with E-state index in [0.29, 0.717) is 3.57 Å². The van der Waals surface area contributed by atoms with E-state index in [1.165, 1.54) is 19.2 Å². The van der Waals surface area contributed by atoms with E-state index >= 15 is 0 Å². The lowest BCUT2D eigenvalue weighted by Gasteiger charge is -2.13. The number of anilines is 2. The maximum absolute atomic E-state index is 14.5. The fraction of sp³-hybridized carbons (Fsp3) is 0.167. The zero-order valence-corrected chi connectivity index (χ0v) is 17.1. The molecule has 0 aliphatic heterocycles. The van der Waals surface area contributed by atoms with Crippen LogP contribution in [0.4, 0.5) is 24.5 Å². The largest absolute Gasteiger partial charge is 0.478 e. The standard InChI is InChI=1S/C18H15F3IN3O4/c1-23-14(26)4-5-29-24-8-9-6-11(18(27)28)17(16(21)15(9)20)25-13-3-2-10(22)7-12(13)19/h2-3,6-8,25H,4-5H2,1H3,(H,23,26)(H,27,28). The first-order valence-corrected chi connectivity index (χ1v) is 9.15. The first-order chi connectivity index (χ1) is 13.7. The van der Waals surface area contributed by atoms with Gasteiger partial charge in [0.25, 0.3) is 0 Å². The third-order valence-corrected chi connectivity index (χ3v) is 4.29. The number of amides is 1. The molecule has 29 heavy (non-hydrogen) atoms. The molecular formula is C18H15F3IN3O4. The van der Waals surface area contributed by atoms with Gasteiger partial charge < -0.3 is 20.6 Å². The van der Waals surface area contributed by atoms with Crippen molar-refractivity contribution < 1.29 is 32.7 Å². The number of carbonyl (C=O) groups is 2. The van der Waals surface area contributed by atoms with Crippen LogP contribution in [0.1, 0.15) is 22.3 Å². The second kappa shape index (κ2) is 10.1. The van der Waals surface area contributed by atoms with Gasteiger partial charge in [-0.25, -0.2) is 18.0 Å². The van der Waals surface area contributed by atoms with E-state index in [4.69, 9.17) is 4.84 Å². The highest BCUT2D eigenvalue weighted by molar-refractivity contribution is 14.1. The number of oxime groups is 1. The lowest BCUT2D eigenvalue weighted by atomic mass is 10.1. The van der Waals surface area contributed by atoms with Gasteiger partial charge in [-0.1, -0.05) is 5.16 Å². The van der Waals surface area contributed by atoms with E-state index in [1.54, 1.807) is 0 Å². The van der Waals surface area contributed by atoms with Gasteiger partial charge >= 0.3 is 5.97 Å². The Bertz CT molecular complexity index is 970. The van der Waals surface area contributed by atoms with Crippen molar-refractivity contribution in [3.63, 3.8) is 0 Å². The van der Waals surface area contributed by atoms with Gasteiger partial charge in [0.1, 0.15) is 12.4 Å². The van der Waals surface area contributed by atoms with Crippen LogP contribution in [0.2, 0.25) is 0 Å². The number of halogens is 4. The highest BCUT2D eigenvalue weighted by Crippen LogP contribution is 2.30. The van der Waals surface area contributed by atoms with Crippen LogP contribution in [0.5, 0.6) is 0 Å². The number of nitrogens with zero attached hydrogens (tertiary/aromatic N) is 1. The highest BCUT2D eigenvalue weighted by atomic mass is 127. The molecule has 2 aromatic rings. The first-order valence-electron chi connectivity index (χ1n) is 8.07. The van der Waals surface area contributed by atoms with Crippen molar-refractivity contribution in [3.8, 4) is 0 Å². The number of benzene rings is 2. The van der Waals surface area contributed by atoms with E-state index in [-0.39, 0.29) is 24.6 Å². The molecule has 0 saturated heterocycles. The van der Waals surface area contributed by atoms with Crippen LogP contribution < -0.4 is 10.6 Å². The van der Waals surface area contributed by atoms with Gasteiger partial charge in [-0.05, 0) is 46.9 Å². The highest BCUT2D eigenvalue weighted by Gasteiger charge is 2.23. The van der Waals surface area contributed by atoms with E-state index in [1.807, 2.05) is 22.6 Å². The van der Waals surface area contributed by atoms with Crippen LogP contribution >= 0.6 is 22.6 Å². The SMILES string of the molecule is CNC(=O)CCON=Cc1cc(C(=O)O)c(Nc2ccc(I)cc2F)c(F)c1F. The van der Waals surface area contributed by atoms with Crippen molar-refractivity contribution in [2.45, 2.75) is 6.42 Å². The van der Waals surface area contributed by atoms with Gasteiger partial charge in [-0.3, -0.25) is 4.79 Å². The molecule has 0 radical (unpaired) electrons. The monoisotopic (exact) mass is 521 g/mol. The van der Waals surface area contributed by atoms with Crippen LogP contribution in [-0.4, -0.2) is 36.9 Å². The second-order valence-corrected chi connectivity index (χ2v) is 6.81. The van der Waals surface area contributed by atoms with Crippen molar-refractivity contribution in [1.82, 2.24) is 5.32 Å². The number of aromatic carboxylic acids is 1. The number of carboxylic acid groups (broad SMARTS) is 1. The lowest BCUT2D eigenvalue weighted by Crippen LogP contribution is -2.18. The fourth-order valence-electron chi connectivity index (χ4n) is 2.17. The minimum absolute atomic E-state index is 0.00447. The van der Waals surface area contributed by atoms with Crippen LogP contribution in [0.3, 0.4) is 0 Å². The number of hydrogen-bond donors (Lipinski definition) is 3. The molecule has 0 bridgehead atoms. The van der Waals surface area contributed by atoms with Crippen LogP contribution in [0.15, 0.2) is 29.4 Å². The quantitative estimate of drug-likeness (QED) is 0.213. The van der Waals surface area contributed by atoms with Crippen molar-refractivity contribution in [3.05, 3.63) is 56.4 Å². The first kappa shape index (κ1) is 22.5. The van der Waals surface area contributed by atoms with Crippen molar-refractivity contribution in [1.29, 1.82) is 0 Å². The summed E-state index contributed by atoms with van der Waals surface area (Å²) in [5.41, 5.74) is -2.07. The molecule has 3 N–H and O–H groups in total. The van der Waals surface area contributed by atoms with E-state index in [0.717, 1.165) is 18.3 Å². The molecule has 0 atom stereocenters. The number of nitrogens with one attached hydrogen (secondary N) is 2. The van der Waals surface area contributed by atoms with Crippen LogP contribution in [0, 0.1) is 21.0 Å². The summed E-state index contributed by atoms with van der Waals surface area (Å²) >= 11 is 1.87. The molecule has 0 aliphatic rings. The Morgan fingerprint density at radius 2 is 1.97 bits per heavy atom. The molecule has 0 heterocycles. The van der Waals surface area contributed by atoms with Gasteiger partial charge in [-0.2, -0.15) is 0 Å². The third-order valence-electron chi connectivity index (χ3n) is 3.62. The Labute approximate surface area is 177 Å². The fourth-order valence-corrected chi connectivity index (χ4v) is 2.62. The molecule has 0 unspecified atom stereocenters. The number of carboxylic acids is 1. The van der Waals surface area contributed by atoms with Crippen molar-refractivity contribution >= 4 is 52.1 Å². The Hall–Kier alpha value is -2.83. The molecule has 11 heteroatoms. The minimum Gasteiger partial charge on any atom is -0.478 e. The normalized spacial score (nSPS) is 10.8. The molecule has 2 aromatic carbocycles. The summed E-state index contributed by atoms with van der Waals surface area (Å²) in [5.74, 6) is -5.55. The van der Waals surface area contributed by atoms with Crippen LogP contribution in [0.25, 0.3) is 0 Å². The molecule has 1 amide bonds. The molecule has 2 rings (SSSR count). The molecule has 0 aliphatic carbocycles. The number of carbonyl (C=O) groups excluding carboxylic acids is 1. The van der Waals surface area contributed by atoms with E-state index in [2.05, 4.69) is 15.8 Å². The molecule has 0 aromatic heterocycles. The van der Waals surface area contributed by atoms with Gasteiger partial charge in [0.15, 0.2) is 11.6 Å². The zero-order valence-electron chi connectivity index (χ0n) is 14.9. The summed E-state index contributed by atoms with van der Waals surface area (Å²) < 4.78 is 43.5. The summed E-state index contributed by atoms with van der Waals surface area (Å²) in [6.45, 7) is -0.113. The zero-order chi connectivity index (χ0) is 21.6. The number of hydrogen-bond acceptors (Lipinski definition) is 5. The van der Waals surface area contributed by atoms with E-state index < -0.39 is 40.2 Å². The summed E-state index contributed by atoms with van der Waals surface area (Å²) in [6.07, 6.45) is 0.777. The van der Waals surface area contributed by atoms with Crippen molar-refractivity contribution in [2.75, 3.05) is 19.0 Å². The molecule has 0 spiro atoms. The van der Waals surface area contributed by atoms with Gasteiger partial charge in [0, 0.05) is 16.2 Å². The summed E-state index contributed by atoms with van der Waals surface area (Å²) in [5, 5.41) is 17.4. The number of rotatable bonds is 8. The maximum Gasteiger partial charge on any atom is 0.337 e. The minimum atomic E-state index is -1.56. The maximum atomic E-state index is 14.5. The summed E-state index contributed by atoms with van der Waals surface area (Å²) in [7, 11) is 1.44. The third kappa shape index (κ3) is 5.82. The smallest absolute Gasteiger partial charge is 0.337 e. The second-order valence-electron chi connectivity index (χ2n) is 5.56. The van der Waals surface area contributed by atoms with Crippen LogP contribution in [-0.2, 0) is 9.63 Å². The predicted octanol–water partition coefficient (Wildman–Crippen LogP) is 3.64. The van der Waals surface area contributed by atoms with Gasteiger partial charge in [-0.15, -0.1) is 0 Å². The topological polar surface area (TPSA) is 100 Å². The molecule has 154 valence electrons. The summed E-state index contributed by atoms with van der Waals surface area (Å²) in [6, 6.07) is 4.77. The Morgan fingerprint density at radius 3 is 2.59 bits per heavy atom. The average molecular weight is 521 g/mol. The predicted molar refractivity (Wildman–Crippen MR) is 108 cm³/mol. The Balaban J connectivity index is 2.31.